The van der Waals surface area contributed by atoms with Gasteiger partial charge in [-0.15, -0.1) is 11.8 Å². The maximum atomic E-state index is 9.97. The van der Waals surface area contributed by atoms with Crippen molar-refractivity contribution >= 4 is 17.4 Å². The summed E-state index contributed by atoms with van der Waals surface area (Å²) in [6.07, 6.45) is 0. The van der Waals surface area contributed by atoms with Crippen molar-refractivity contribution in [2.45, 2.75) is 25.4 Å². The molecule has 1 saturated heterocycles. The monoisotopic (exact) mass is 316 g/mol. The third kappa shape index (κ3) is 3.31. The van der Waals surface area contributed by atoms with Crippen LogP contribution in [0.3, 0.4) is 0 Å². The minimum absolute atomic E-state index is 0.0639. The molecule has 0 aromatic heterocycles. The highest BCUT2D eigenvalue weighted by atomic mass is 32.2. The Kier molecular flexibility index (Phi) is 4.18. The molecule has 1 heterocycles. The van der Waals surface area contributed by atoms with Crippen molar-refractivity contribution in [2.24, 2.45) is 0 Å². The summed E-state index contributed by atoms with van der Waals surface area (Å²) >= 11 is 1.77. The molecular formula is C17H20N2O2S. The van der Waals surface area contributed by atoms with Crippen molar-refractivity contribution in [1.29, 1.82) is 0 Å². The molecular weight excluding hydrogens is 296 g/mol. The average Bonchev–Trinajstić information content (AvgIpc) is 2.85. The van der Waals surface area contributed by atoms with Crippen molar-refractivity contribution in [3.8, 4) is 11.5 Å². The van der Waals surface area contributed by atoms with E-state index in [0.29, 0.717) is 0 Å². The Hall–Kier alpha value is -1.85. The highest BCUT2D eigenvalue weighted by Crippen LogP contribution is 2.35. The van der Waals surface area contributed by atoms with Crippen LogP contribution >= 0.6 is 11.8 Å². The van der Waals surface area contributed by atoms with Crippen LogP contribution in [0.15, 0.2) is 36.4 Å². The number of thioether (sulfide) groups is 1. The summed E-state index contributed by atoms with van der Waals surface area (Å²) in [6.45, 7) is 4.18. The summed E-state index contributed by atoms with van der Waals surface area (Å²) in [5, 5.41) is 26.3. The normalized spacial score (nSPS) is 21.0. The molecule has 0 saturated carbocycles. The summed E-state index contributed by atoms with van der Waals surface area (Å²) in [7, 11) is 0. The fraction of sp³-hybridized carbons (Fsp3) is 0.294. The zero-order chi connectivity index (χ0) is 15.7. The number of hydrogen-bond donors (Lipinski definition) is 4. The third-order valence-electron chi connectivity index (χ3n) is 3.69. The zero-order valence-corrected chi connectivity index (χ0v) is 13.4. The van der Waals surface area contributed by atoms with Gasteiger partial charge in [-0.05, 0) is 43.2 Å². The molecule has 116 valence electrons. The lowest BCUT2D eigenvalue weighted by atomic mass is 10.1. The van der Waals surface area contributed by atoms with Crippen molar-refractivity contribution in [3.63, 3.8) is 0 Å². The molecule has 4 N–H and O–H groups in total. The molecule has 22 heavy (non-hydrogen) atoms. The molecule has 5 heteroatoms. The van der Waals surface area contributed by atoms with Gasteiger partial charge in [-0.3, -0.25) is 5.32 Å². The van der Waals surface area contributed by atoms with Crippen LogP contribution in [0.4, 0.5) is 5.69 Å². The lowest BCUT2D eigenvalue weighted by molar-refractivity contribution is 0.439. The largest absolute Gasteiger partial charge is 0.508 e. The highest BCUT2D eigenvalue weighted by molar-refractivity contribution is 8.00. The van der Waals surface area contributed by atoms with Gasteiger partial charge in [-0.25, -0.2) is 0 Å². The summed E-state index contributed by atoms with van der Waals surface area (Å²) in [5.74, 6) is 1.07. The highest BCUT2D eigenvalue weighted by Gasteiger charge is 2.27. The number of phenolic OH excluding ortho intramolecular Hbond substituents is 2. The van der Waals surface area contributed by atoms with Gasteiger partial charge in [0.1, 0.15) is 17.0 Å². The second-order valence-electron chi connectivity index (χ2n) is 5.70. The molecule has 1 aliphatic rings. The van der Waals surface area contributed by atoms with Crippen LogP contribution in [0, 0.1) is 13.8 Å². The van der Waals surface area contributed by atoms with Gasteiger partial charge >= 0.3 is 0 Å². The predicted octanol–water partition coefficient (Wildman–Crippen LogP) is 3.49. The summed E-state index contributed by atoms with van der Waals surface area (Å²) < 4.78 is 0. The van der Waals surface area contributed by atoms with Gasteiger partial charge < -0.3 is 15.5 Å². The molecule has 0 spiro atoms. The Balaban J connectivity index is 1.69. The Morgan fingerprint density at radius 3 is 2.50 bits per heavy atom. The maximum Gasteiger partial charge on any atom is 0.126 e. The molecule has 3 rings (SSSR count). The first-order valence-electron chi connectivity index (χ1n) is 7.25. The Morgan fingerprint density at radius 2 is 1.82 bits per heavy atom. The first-order chi connectivity index (χ1) is 10.5. The number of phenols is 2. The van der Waals surface area contributed by atoms with Crippen molar-refractivity contribution < 1.29 is 10.2 Å². The van der Waals surface area contributed by atoms with E-state index in [1.54, 1.807) is 23.9 Å². The molecule has 2 atom stereocenters. The third-order valence-corrected chi connectivity index (χ3v) is 4.80. The molecule has 2 aromatic carbocycles. The van der Waals surface area contributed by atoms with Gasteiger partial charge in [0.05, 0.1) is 0 Å². The Bertz CT molecular complexity index is 670. The predicted molar refractivity (Wildman–Crippen MR) is 91.4 cm³/mol. The molecule has 2 unspecified atom stereocenters. The molecule has 0 radical (unpaired) electrons. The molecule has 0 aliphatic carbocycles. The van der Waals surface area contributed by atoms with Crippen LogP contribution in [0.1, 0.15) is 22.7 Å². The van der Waals surface area contributed by atoms with E-state index >= 15 is 0 Å². The lowest BCUT2D eigenvalue weighted by Crippen LogP contribution is -2.30. The number of aryl methyl sites for hydroxylation is 2. The summed E-state index contributed by atoms with van der Waals surface area (Å²) in [4.78, 5) is 0. The molecule has 1 aliphatic heterocycles. The van der Waals surface area contributed by atoms with Crippen LogP contribution in [0.5, 0.6) is 11.5 Å². The SMILES string of the molecule is Cc1cc(C)cc(NC2NC(c3ccc(O)cc3O)CS2)c1. The number of aromatic hydroxyl groups is 2. The first kappa shape index (κ1) is 15.1. The fourth-order valence-electron chi connectivity index (χ4n) is 2.77. The van der Waals surface area contributed by atoms with Crippen molar-refractivity contribution in [3.05, 3.63) is 53.1 Å². The van der Waals surface area contributed by atoms with E-state index in [1.165, 1.54) is 17.2 Å². The van der Waals surface area contributed by atoms with E-state index in [-0.39, 0.29) is 23.0 Å². The van der Waals surface area contributed by atoms with E-state index < -0.39 is 0 Å². The number of benzene rings is 2. The standard InChI is InChI=1S/C17H20N2O2S/c1-10-5-11(2)7-12(6-10)18-17-19-15(9-22-17)14-4-3-13(20)8-16(14)21/h3-8,15,17-21H,9H2,1-2H3. The quantitative estimate of drug-likeness (QED) is 0.698. The smallest absolute Gasteiger partial charge is 0.126 e. The van der Waals surface area contributed by atoms with Gasteiger partial charge in [0.2, 0.25) is 0 Å². The molecule has 0 bridgehead atoms. The average molecular weight is 316 g/mol. The van der Waals surface area contributed by atoms with Crippen molar-refractivity contribution in [1.82, 2.24) is 5.32 Å². The topological polar surface area (TPSA) is 64.5 Å². The van der Waals surface area contributed by atoms with Gasteiger partial charge in [-0.1, -0.05) is 12.1 Å². The fourth-order valence-corrected chi connectivity index (χ4v) is 3.91. The van der Waals surface area contributed by atoms with Crippen molar-refractivity contribution in [2.75, 3.05) is 11.1 Å². The number of hydrogen-bond acceptors (Lipinski definition) is 5. The van der Waals surface area contributed by atoms with Gasteiger partial charge in [0, 0.05) is 29.1 Å². The lowest BCUT2D eigenvalue weighted by Gasteiger charge is -2.17. The zero-order valence-electron chi connectivity index (χ0n) is 12.6. The summed E-state index contributed by atoms with van der Waals surface area (Å²) in [5.41, 5.74) is 4.48. The molecule has 4 nitrogen and oxygen atoms in total. The Morgan fingerprint density at radius 1 is 1.09 bits per heavy atom. The second-order valence-corrected chi connectivity index (χ2v) is 6.83. The van der Waals surface area contributed by atoms with Gasteiger partial charge in [-0.2, -0.15) is 0 Å². The minimum Gasteiger partial charge on any atom is -0.508 e. The summed E-state index contributed by atoms with van der Waals surface area (Å²) in [6, 6.07) is 11.2. The number of nitrogens with one attached hydrogen (secondary N) is 2. The molecule has 0 amide bonds. The van der Waals surface area contributed by atoms with Crippen LogP contribution in [0.25, 0.3) is 0 Å². The van der Waals surface area contributed by atoms with Crippen LogP contribution < -0.4 is 10.6 Å². The van der Waals surface area contributed by atoms with Gasteiger partial charge in [0.25, 0.3) is 0 Å². The number of rotatable bonds is 3. The van der Waals surface area contributed by atoms with E-state index in [2.05, 4.69) is 42.7 Å². The molecule has 2 aromatic rings. The van der Waals surface area contributed by atoms with E-state index in [0.717, 1.165) is 17.0 Å². The minimum atomic E-state index is 0.0639. The maximum absolute atomic E-state index is 9.97. The van der Waals surface area contributed by atoms with Gasteiger partial charge in [0.15, 0.2) is 0 Å². The van der Waals surface area contributed by atoms with Crippen LogP contribution in [-0.2, 0) is 0 Å². The van der Waals surface area contributed by atoms with E-state index in [4.69, 9.17) is 0 Å². The van der Waals surface area contributed by atoms with Crippen LogP contribution in [0.2, 0.25) is 0 Å². The first-order valence-corrected chi connectivity index (χ1v) is 8.30. The van der Waals surface area contributed by atoms with E-state index in [9.17, 15) is 10.2 Å². The second kappa shape index (κ2) is 6.10. The Labute approximate surface area is 134 Å². The number of anilines is 1. The van der Waals surface area contributed by atoms with E-state index in [1.807, 2.05) is 0 Å². The van der Waals surface area contributed by atoms with Crippen LogP contribution in [-0.4, -0.2) is 21.5 Å². The molecule has 1 fully saturated rings.